The summed E-state index contributed by atoms with van der Waals surface area (Å²) in [5.41, 5.74) is 3.75. The second kappa shape index (κ2) is 13.0. The molecule has 0 spiro atoms. The fourth-order valence-corrected chi connectivity index (χ4v) is 6.12. The van der Waals surface area contributed by atoms with Gasteiger partial charge in [-0.1, -0.05) is 17.9 Å². The topological polar surface area (TPSA) is 101 Å². The summed E-state index contributed by atoms with van der Waals surface area (Å²) >= 11 is 1.03. The van der Waals surface area contributed by atoms with Crippen LogP contribution in [0.25, 0.3) is 16.4 Å². The van der Waals surface area contributed by atoms with Crippen molar-refractivity contribution < 1.29 is 28.0 Å². The van der Waals surface area contributed by atoms with Crippen molar-refractivity contribution in [1.29, 1.82) is 0 Å². The molecule has 0 radical (unpaired) electrons. The highest BCUT2D eigenvalue weighted by Crippen LogP contribution is 2.38. The van der Waals surface area contributed by atoms with Gasteiger partial charge >= 0.3 is 5.97 Å². The summed E-state index contributed by atoms with van der Waals surface area (Å²) in [5.74, 6) is 4.43. The number of aromatic carboxylic acids is 1. The predicted molar refractivity (Wildman–Crippen MR) is 161 cm³/mol. The highest BCUT2D eigenvalue weighted by atomic mass is 32.2. The molecule has 2 aliphatic rings. The minimum Gasteiger partial charge on any atom is -0.476 e. The van der Waals surface area contributed by atoms with E-state index in [2.05, 4.69) is 21.7 Å². The van der Waals surface area contributed by atoms with Crippen LogP contribution in [0.15, 0.2) is 46.7 Å². The van der Waals surface area contributed by atoms with E-state index in [0.717, 1.165) is 37.2 Å². The molecule has 6 rings (SSSR count). The fraction of sp³-hybridized carbons (Fsp3) is 0.323. The summed E-state index contributed by atoms with van der Waals surface area (Å²) < 4.78 is 46.1. The van der Waals surface area contributed by atoms with Crippen molar-refractivity contribution in [2.24, 2.45) is 5.92 Å². The smallest absolute Gasteiger partial charge is 0.355 e. The number of carbonyl (C=O) groups is 1. The Morgan fingerprint density at radius 1 is 1.14 bits per heavy atom. The number of hydrogen-bond donors (Lipinski definition) is 2. The number of aromatic nitrogens is 3. The van der Waals surface area contributed by atoms with Crippen LogP contribution in [0.5, 0.6) is 0 Å². The molecular formula is C31H29F2N4O4S2+. The van der Waals surface area contributed by atoms with Gasteiger partial charge in [-0.15, -0.1) is 11.3 Å². The summed E-state index contributed by atoms with van der Waals surface area (Å²) in [6.45, 7) is 3.37. The maximum absolute atomic E-state index is 14.9. The Balaban J connectivity index is 1.44. The van der Waals surface area contributed by atoms with E-state index in [0.29, 0.717) is 60.5 Å². The molecular weight excluding hydrogens is 594 g/mol. The van der Waals surface area contributed by atoms with Gasteiger partial charge in [-0.25, -0.2) is 23.2 Å². The third kappa shape index (κ3) is 6.82. The van der Waals surface area contributed by atoms with Crippen molar-refractivity contribution in [2.75, 3.05) is 32.8 Å². The second-order valence-electron chi connectivity index (χ2n) is 10.6. The van der Waals surface area contributed by atoms with Crippen LogP contribution >= 0.6 is 11.3 Å². The van der Waals surface area contributed by atoms with Gasteiger partial charge in [0.1, 0.15) is 5.82 Å². The lowest BCUT2D eigenvalue weighted by Gasteiger charge is -2.24. The van der Waals surface area contributed by atoms with Gasteiger partial charge in [0, 0.05) is 36.0 Å². The standard InChI is InChI=1S/C31H28F2N4O4S2/c32-24-7-6-22(17-21(24)2-1-9-36-10-12-41-13-11-36)29-23(14-20-5-8-28(43-40)25(33)15-20)27(16-19-3-4-19)37(35-29)31-34-26(18-42-31)30(38)39/h5-8,15,17-19,40H,3-4,9-14,16H2,(H,38,39)/p+1. The number of carboxylic acids is 1. The predicted octanol–water partition coefficient (Wildman–Crippen LogP) is 4.85. The Bertz CT molecular complexity index is 1720. The number of thiazole rings is 1. The third-order valence-corrected chi connectivity index (χ3v) is 8.93. The van der Waals surface area contributed by atoms with Gasteiger partial charge < -0.3 is 9.84 Å². The maximum atomic E-state index is 14.9. The minimum atomic E-state index is -1.13. The van der Waals surface area contributed by atoms with E-state index >= 15 is 0 Å². The summed E-state index contributed by atoms with van der Waals surface area (Å²) in [6.07, 6.45) is 3.14. The Labute approximate surface area is 255 Å². The summed E-state index contributed by atoms with van der Waals surface area (Å²) in [5, 5.41) is 16.3. The van der Waals surface area contributed by atoms with Gasteiger partial charge in [-0.05, 0) is 61.1 Å². The number of hydrogen-bond acceptors (Lipinski definition) is 7. The van der Waals surface area contributed by atoms with Gasteiger partial charge in [0.2, 0.25) is 10.0 Å². The van der Waals surface area contributed by atoms with E-state index in [4.69, 9.17) is 9.84 Å². The molecule has 2 fully saturated rings. The first kappa shape index (κ1) is 29.5. The molecule has 2 N–H and O–H groups in total. The number of ether oxygens (including phenoxy) is 1. The van der Waals surface area contributed by atoms with Crippen molar-refractivity contribution in [3.63, 3.8) is 0 Å². The number of nitrogens with zero attached hydrogens (tertiary/aromatic N) is 4. The molecule has 0 amide bonds. The molecule has 0 bridgehead atoms. The Morgan fingerprint density at radius 2 is 1.95 bits per heavy atom. The minimum absolute atomic E-state index is 0.0728. The lowest BCUT2D eigenvalue weighted by molar-refractivity contribution is 0.0443. The van der Waals surface area contributed by atoms with Crippen molar-refractivity contribution in [1.82, 2.24) is 19.7 Å². The second-order valence-corrected chi connectivity index (χ2v) is 12.1. The first-order chi connectivity index (χ1) is 20.9. The van der Waals surface area contributed by atoms with Gasteiger partial charge in [-0.2, -0.15) is 9.65 Å². The largest absolute Gasteiger partial charge is 0.476 e. The Morgan fingerprint density at radius 3 is 2.65 bits per heavy atom. The molecule has 222 valence electrons. The monoisotopic (exact) mass is 623 g/mol. The molecule has 2 aromatic heterocycles. The number of halogens is 2. The van der Waals surface area contributed by atoms with Crippen LogP contribution in [-0.2, 0) is 29.6 Å². The molecule has 1 aliphatic carbocycles. The lowest BCUT2D eigenvalue weighted by Crippen LogP contribution is -2.36. The summed E-state index contributed by atoms with van der Waals surface area (Å²) in [6, 6.07) is 9.42. The third-order valence-electron chi connectivity index (χ3n) is 7.53. The maximum Gasteiger partial charge on any atom is 0.355 e. The van der Waals surface area contributed by atoms with Crippen molar-refractivity contribution in [2.45, 2.75) is 30.6 Å². The zero-order valence-electron chi connectivity index (χ0n) is 23.1. The Kier molecular flexibility index (Phi) is 8.88. The van der Waals surface area contributed by atoms with Crippen LogP contribution in [0.3, 0.4) is 0 Å². The molecule has 43 heavy (non-hydrogen) atoms. The van der Waals surface area contributed by atoms with E-state index in [-0.39, 0.29) is 28.2 Å². The molecule has 1 saturated heterocycles. The van der Waals surface area contributed by atoms with E-state index in [1.165, 1.54) is 28.8 Å². The molecule has 0 unspecified atom stereocenters. The molecule has 1 aliphatic heterocycles. The summed E-state index contributed by atoms with van der Waals surface area (Å²) in [4.78, 5) is 18.2. The van der Waals surface area contributed by atoms with Crippen molar-refractivity contribution in [3.8, 4) is 28.2 Å². The molecule has 8 nitrogen and oxygen atoms in total. The number of benzene rings is 2. The van der Waals surface area contributed by atoms with Crippen LogP contribution in [0.4, 0.5) is 8.78 Å². The molecule has 1 saturated carbocycles. The number of morpholine rings is 1. The van der Waals surface area contributed by atoms with Gasteiger partial charge in [-0.3, -0.25) is 4.90 Å². The average molecular weight is 624 g/mol. The van der Waals surface area contributed by atoms with Crippen LogP contribution < -0.4 is 0 Å². The number of rotatable bonds is 9. The van der Waals surface area contributed by atoms with Crippen LogP contribution in [0.1, 0.15) is 45.7 Å². The SMILES string of the molecule is O=C(O)c1csc(-n2nc(-c3ccc(F)c(C#CCN4CCOCC4)c3)c(Cc3ccc([SH+]O)c(F)c3)c2CC2CC2)n1. The number of thiol groups is 1. The van der Waals surface area contributed by atoms with E-state index in [1.807, 2.05) is 0 Å². The average Bonchev–Trinajstić information content (AvgIpc) is 3.57. The fourth-order valence-electron chi connectivity index (χ4n) is 5.05. The van der Waals surface area contributed by atoms with Crippen molar-refractivity contribution >= 4 is 29.3 Å². The molecule has 4 aromatic rings. The van der Waals surface area contributed by atoms with Crippen LogP contribution in [0.2, 0.25) is 0 Å². The molecule has 2 aromatic carbocycles. The number of carboxylic acid groups (broad SMARTS) is 1. The normalized spacial score (nSPS) is 15.3. The van der Waals surface area contributed by atoms with E-state index in [1.54, 1.807) is 28.9 Å². The van der Waals surface area contributed by atoms with Crippen LogP contribution in [0, 0.1) is 29.4 Å². The zero-order valence-corrected chi connectivity index (χ0v) is 24.8. The lowest BCUT2D eigenvalue weighted by atomic mass is 9.96. The highest BCUT2D eigenvalue weighted by molar-refractivity contribution is 7.72. The van der Waals surface area contributed by atoms with E-state index < -0.39 is 17.6 Å². The van der Waals surface area contributed by atoms with Gasteiger partial charge in [0.15, 0.2) is 23.6 Å². The van der Waals surface area contributed by atoms with Gasteiger partial charge in [0.05, 0.1) is 36.7 Å². The first-order valence-corrected chi connectivity index (χ1v) is 15.6. The molecule has 3 heterocycles. The molecule has 0 atom stereocenters. The summed E-state index contributed by atoms with van der Waals surface area (Å²) in [7, 11) is 0. The molecule has 12 heteroatoms. The Hall–Kier alpha value is -3.60. The zero-order chi connectivity index (χ0) is 29.9. The van der Waals surface area contributed by atoms with Crippen LogP contribution in [-0.4, -0.2) is 68.1 Å². The first-order valence-electron chi connectivity index (χ1n) is 13.9. The highest BCUT2D eigenvalue weighted by Gasteiger charge is 2.29. The van der Waals surface area contributed by atoms with E-state index in [9.17, 15) is 23.2 Å². The van der Waals surface area contributed by atoms with Gasteiger partial charge in [0.25, 0.3) is 0 Å². The quantitative estimate of drug-likeness (QED) is 0.156. The van der Waals surface area contributed by atoms with Crippen molar-refractivity contribution in [3.05, 3.63) is 81.5 Å².